The van der Waals surface area contributed by atoms with E-state index in [9.17, 15) is 23.6 Å². The molecule has 4 aliphatic heterocycles. The number of nitrogens with one attached hydrogen (secondary N) is 4. The number of ether oxygens (including phenoxy) is 2. The van der Waals surface area contributed by atoms with Gasteiger partial charge in [0.2, 0.25) is 17.7 Å². The fourth-order valence-electron chi connectivity index (χ4n) is 10.2. The van der Waals surface area contributed by atoms with Gasteiger partial charge in [0.15, 0.2) is 0 Å². The zero-order valence-electron chi connectivity index (χ0n) is 37.6. The van der Waals surface area contributed by atoms with Gasteiger partial charge in [0.05, 0.1) is 18.3 Å². The van der Waals surface area contributed by atoms with E-state index < -0.39 is 17.1 Å². The molecule has 0 radical (unpaired) electrons. The number of hydrogen-bond donors (Lipinski definition) is 4. The summed E-state index contributed by atoms with van der Waals surface area (Å²) in [6.45, 7) is 7.69. The van der Waals surface area contributed by atoms with E-state index >= 15 is 0 Å². The predicted octanol–water partition coefficient (Wildman–Crippen LogP) is 7.46. The third-order valence-corrected chi connectivity index (χ3v) is 14.2. The molecule has 2 atom stereocenters. The summed E-state index contributed by atoms with van der Waals surface area (Å²) in [5.41, 5.74) is 3.47. The Labute approximate surface area is 389 Å². The average Bonchev–Trinajstić information content (AvgIpc) is 3.95. The standard InChI is InChI=1S/C51H56FN9O6/c1-66-46-28-42-43(54-22-15-45(42)67-41-13-9-37(10-14-41)56-49(64)51(19-20-51)48(63)55-36-5-3-34(52)4-6-36)29-44(46)58-24-16-33(17-25-58)30-60-32-39-27-40(60)31-59(39)23-2-21-53-35-7-11-38(12-8-35)61-26-18-47(62)57-50(61)65/h3-15,22,28-29,33,39-40,53H,2,16-21,23-27,30-32H2,1H3,(H,55,63)(H,56,64)(H,57,62,65)/t39-,40-/m0/s1. The Kier molecular flexibility index (Phi) is 12.4. The number of piperidine rings is 1. The molecule has 16 heteroatoms. The fraction of sp³-hybridized carbons (Fsp3) is 0.392. The van der Waals surface area contributed by atoms with Gasteiger partial charge in [0.25, 0.3) is 0 Å². The zero-order chi connectivity index (χ0) is 46.1. The predicted molar refractivity (Wildman–Crippen MR) is 255 cm³/mol. The van der Waals surface area contributed by atoms with E-state index in [1.165, 1.54) is 30.7 Å². The van der Waals surface area contributed by atoms with Gasteiger partial charge >= 0.3 is 6.03 Å². The maximum Gasteiger partial charge on any atom is 0.328 e. The first kappa shape index (κ1) is 44.1. The molecule has 0 unspecified atom stereocenters. The van der Waals surface area contributed by atoms with Crippen molar-refractivity contribution in [3.63, 3.8) is 0 Å². The first-order chi connectivity index (χ1) is 32.6. The summed E-state index contributed by atoms with van der Waals surface area (Å²) in [7, 11) is 1.70. The number of benzene rings is 4. The Bertz CT molecular complexity index is 2640. The number of anilines is 5. The molecule has 1 aromatic heterocycles. The van der Waals surface area contributed by atoms with Gasteiger partial charge in [-0.1, -0.05) is 0 Å². The van der Waals surface area contributed by atoms with Crippen LogP contribution in [0.1, 0.15) is 44.9 Å². The van der Waals surface area contributed by atoms with E-state index in [1.807, 2.05) is 36.4 Å². The highest BCUT2D eigenvalue weighted by molar-refractivity contribution is 6.17. The Morgan fingerprint density at radius 1 is 0.821 bits per heavy atom. The molecule has 348 valence electrons. The number of hydrogen-bond acceptors (Lipinski definition) is 11. The topological polar surface area (TPSA) is 161 Å². The minimum absolute atomic E-state index is 0.229. The van der Waals surface area contributed by atoms with Crippen molar-refractivity contribution in [2.24, 2.45) is 11.3 Å². The van der Waals surface area contributed by atoms with E-state index in [4.69, 9.17) is 14.5 Å². The maximum absolute atomic E-state index is 13.3. The average molecular weight is 910 g/mol. The number of methoxy groups -OCH3 is 1. The summed E-state index contributed by atoms with van der Waals surface area (Å²) in [5, 5.41) is 12.3. The third-order valence-electron chi connectivity index (χ3n) is 14.2. The van der Waals surface area contributed by atoms with Crippen LogP contribution in [0.25, 0.3) is 10.9 Å². The van der Waals surface area contributed by atoms with Crippen molar-refractivity contribution in [1.82, 2.24) is 20.1 Å². The van der Waals surface area contributed by atoms with Crippen LogP contribution in [0.2, 0.25) is 0 Å². The smallest absolute Gasteiger partial charge is 0.328 e. The van der Waals surface area contributed by atoms with Crippen molar-refractivity contribution in [2.45, 2.75) is 57.0 Å². The first-order valence-corrected chi connectivity index (χ1v) is 23.4. The number of carbonyl (C=O) groups is 4. The largest absolute Gasteiger partial charge is 0.495 e. The molecule has 1 aliphatic carbocycles. The number of carbonyl (C=O) groups excluding carboxylic acids is 4. The maximum atomic E-state index is 13.3. The molecule has 0 spiro atoms. The highest BCUT2D eigenvalue weighted by Crippen LogP contribution is 2.48. The van der Waals surface area contributed by atoms with E-state index in [0.717, 1.165) is 98.8 Å². The lowest BCUT2D eigenvalue weighted by atomic mass is 9.95. The van der Waals surface area contributed by atoms with Gasteiger partial charge in [-0.15, -0.1) is 0 Å². The summed E-state index contributed by atoms with van der Waals surface area (Å²) < 4.78 is 25.7. The van der Waals surface area contributed by atoms with Crippen LogP contribution in [0, 0.1) is 17.2 Å². The van der Waals surface area contributed by atoms with Gasteiger partial charge in [0, 0.05) is 105 Å². The Balaban J connectivity index is 0.674. The highest BCUT2D eigenvalue weighted by Gasteiger charge is 2.56. The Morgan fingerprint density at radius 2 is 1.49 bits per heavy atom. The molecule has 10 rings (SSSR count). The van der Waals surface area contributed by atoms with Crippen LogP contribution >= 0.6 is 0 Å². The number of aromatic nitrogens is 1. The first-order valence-electron chi connectivity index (χ1n) is 23.4. The molecule has 1 saturated carbocycles. The lowest BCUT2D eigenvalue weighted by Gasteiger charge is -2.39. The number of likely N-dealkylation sites (tertiary alicyclic amines) is 2. The molecule has 4 aromatic carbocycles. The van der Waals surface area contributed by atoms with Crippen LogP contribution in [0.4, 0.5) is 37.6 Å². The zero-order valence-corrected chi connectivity index (χ0v) is 37.6. The van der Waals surface area contributed by atoms with Gasteiger partial charge in [-0.3, -0.25) is 39.4 Å². The van der Waals surface area contributed by atoms with Crippen molar-refractivity contribution in [1.29, 1.82) is 0 Å². The number of urea groups is 1. The summed E-state index contributed by atoms with van der Waals surface area (Å²) >= 11 is 0. The summed E-state index contributed by atoms with van der Waals surface area (Å²) in [5.74, 6) is 1.20. The molecular weight excluding hydrogens is 854 g/mol. The van der Waals surface area contributed by atoms with Crippen molar-refractivity contribution < 1.29 is 33.0 Å². The van der Waals surface area contributed by atoms with Crippen LogP contribution in [0.5, 0.6) is 17.2 Å². The lowest BCUT2D eigenvalue weighted by molar-refractivity contribution is -0.131. The molecule has 4 saturated heterocycles. The molecule has 5 amide bonds. The minimum atomic E-state index is -1.16. The fourth-order valence-corrected chi connectivity index (χ4v) is 10.2. The van der Waals surface area contributed by atoms with Crippen LogP contribution in [-0.2, 0) is 14.4 Å². The third kappa shape index (κ3) is 9.59. The van der Waals surface area contributed by atoms with Crippen LogP contribution in [0.3, 0.4) is 0 Å². The normalized spacial score (nSPS) is 20.4. The van der Waals surface area contributed by atoms with Crippen LogP contribution < -0.4 is 40.5 Å². The van der Waals surface area contributed by atoms with Crippen LogP contribution in [-0.4, -0.2) is 110 Å². The molecule has 5 aromatic rings. The van der Waals surface area contributed by atoms with Crippen molar-refractivity contribution in [2.75, 3.05) is 85.2 Å². The van der Waals surface area contributed by atoms with Gasteiger partial charge in [0.1, 0.15) is 28.5 Å². The quantitative estimate of drug-likeness (QED) is 0.0575. The van der Waals surface area contributed by atoms with E-state index in [2.05, 4.69) is 42.0 Å². The monoisotopic (exact) mass is 909 g/mol. The Hall–Kier alpha value is -6.78. The summed E-state index contributed by atoms with van der Waals surface area (Å²) in [4.78, 5) is 64.1. The molecule has 15 nitrogen and oxygen atoms in total. The van der Waals surface area contributed by atoms with Gasteiger partial charge in [-0.2, -0.15) is 0 Å². The second-order valence-electron chi connectivity index (χ2n) is 18.5. The number of fused-ring (bicyclic) bond motifs is 3. The molecule has 2 bridgehead atoms. The molecule has 4 N–H and O–H groups in total. The second-order valence-corrected chi connectivity index (χ2v) is 18.5. The number of amides is 5. The van der Waals surface area contributed by atoms with E-state index in [1.54, 1.807) is 42.5 Å². The number of pyridine rings is 1. The summed E-state index contributed by atoms with van der Waals surface area (Å²) in [6.07, 6.45) is 7.48. The van der Waals surface area contributed by atoms with E-state index in [-0.39, 0.29) is 17.8 Å². The second kappa shape index (κ2) is 18.8. The Morgan fingerprint density at radius 3 is 2.15 bits per heavy atom. The minimum Gasteiger partial charge on any atom is -0.495 e. The van der Waals surface area contributed by atoms with Crippen molar-refractivity contribution in [3.8, 4) is 17.2 Å². The highest BCUT2D eigenvalue weighted by atomic mass is 19.1. The van der Waals surface area contributed by atoms with E-state index in [0.29, 0.717) is 66.7 Å². The SMILES string of the molecule is COc1cc2c(Oc3ccc(NC(=O)C4(C(=O)Nc5ccc(F)cc5)CC4)cc3)ccnc2cc1N1CCC(CN2C[C@@H]3C[C@H]2CN3CCCNc2ccc(N3CCC(=O)NC3=O)cc2)CC1. The number of imide groups is 1. The summed E-state index contributed by atoms with van der Waals surface area (Å²) in [6, 6.07) is 27.1. The molecular formula is C51H56FN9O6. The van der Waals surface area contributed by atoms with Gasteiger partial charge in [-0.05, 0) is 135 Å². The molecule has 5 heterocycles. The van der Waals surface area contributed by atoms with Crippen molar-refractivity contribution >= 4 is 63.1 Å². The molecule has 5 aliphatic rings. The molecule has 5 fully saturated rings. The van der Waals surface area contributed by atoms with Crippen LogP contribution in [0.15, 0.2) is 97.2 Å². The number of rotatable bonds is 16. The number of piperazine rings is 1. The number of halogens is 1. The van der Waals surface area contributed by atoms with Gasteiger partial charge in [-0.25, -0.2) is 9.18 Å². The van der Waals surface area contributed by atoms with Crippen molar-refractivity contribution in [3.05, 3.63) is 103 Å². The molecule has 67 heavy (non-hydrogen) atoms. The number of nitrogens with zero attached hydrogens (tertiary/aromatic N) is 5. The lowest BCUT2D eigenvalue weighted by Crippen LogP contribution is -2.49. The van der Waals surface area contributed by atoms with Gasteiger partial charge < -0.3 is 30.3 Å².